The number of aliphatic carboxylic acids is 1. The Bertz CT molecular complexity index is 876. The lowest BCUT2D eigenvalue weighted by molar-refractivity contribution is -0.131. The molecule has 0 unspecified atom stereocenters. The third kappa shape index (κ3) is 2.39. The van der Waals surface area contributed by atoms with Crippen molar-refractivity contribution in [1.29, 1.82) is 0 Å². The van der Waals surface area contributed by atoms with Gasteiger partial charge in [0.2, 0.25) is 0 Å². The summed E-state index contributed by atoms with van der Waals surface area (Å²) in [5.74, 6) is -1.30. The van der Waals surface area contributed by atoms with E-state index in [0.29, 0.717) is 0 Å². The number of fused-ring (bicyclic) bond motifs is 1. The summed E-state index contributed by atoms with van der Waals surface area (Å²) < 4.78 is 15.2. The quantitative estimate of drug-likeness (QED) is 0.740. The van der Waals surface area contributed by atoms with E-state index in [0.717, 1.165) is 33.8 Å². The minimum Gasteiger partial charge on any atom is -0.478 e. The highest BCUT2D eigenvalue weighted by Crippen LogP contribution is 2.34. The van der Waals surface area contributed by atoms with Gasteiger partial charge in [0.15, 0.2) is 0 Å². The standard InChI is InChI=1S/C18H14FNO2/c1-20-16-5-3-2-4-14(16)15(10-11-17(21)22)18(20)12-6-8-13(19)9-7-12/h2-11H,1H3,(H,21,22)/b11-10+. The Balaban J connectivity index is 2.32. The minimum atomic E-state index is -1.00. The van der Waals surface area contributed by atoms with Crippen molar-refractivity contribution in [2.24, 2.45) is 7.05 Å². The molecule has 0 amide bonds. The van der Waals surface area contributed by atoms with Crippen LogP contribution in [0.25, 0.3) is 28.2 Å². The second kappa shape index (κ2) is 5.48. The van der Waals surface area contributed by atoms with E-state index in [2.05, 4.69) is 0 Å². The Morgan fingerprint density at radius 2 is 1.82 bits per heavy atom. The number of benzene rings is 2. The van der Waals surface area contributed by atoms with Crippen LogP contribution < -0.4 is 0 Å². The molecular formula is C18H14FNO2. The fraction of sp³-hybridized carbons (Fsp3) is 0.0556. The average Bonchev–Trinajstić information content (AvgIpc) is 2.79. The van der Waals surface area contributed by atoms with Crippen molar-refractivity contribution in [2.75, 3.05) is 0 Å². The number of aromatic nitrogens is 1. The summed E-state index contributed by atoms with van der Waals surface area (Å²) in [7, 11) is 1.92. The van der Waals surface area contributed by atoms with E-state index in [1.165, 1.54) is 12.1 Å². The van der Waals surface area contributed by atoms with Crippen LogP contribution in [-0.2, 0) is 11.8 Å². The Labute approximate surface area is 126 Å². The summed E-state index contributed by atoms with van der Waals surface area (Å²) in [6, 6.07) is 14.0. The molecule has 4 heteroatoms. The maximum atomic E-state index is 13.2. The number of carboxylic acids is 1. The molecule has 0 fully saturated rings. The molecule has 0 aliphatic heterocycles. The van der Waals surface area contributed by atoms with Gasteiger partial charge in [0.1, 0.15) is 5.82 Å². The first-order valence-corrected chi connectivity index (χ1v) is 6.82. The number of nitrogens with zero attached hydrogens (tertiary/aromatic N) is 1. The number of carbonyl (C=O) groups is 1. The summed E-state index contributed by atoms with van der Waals surface area (Å²) in [6.45, 7) is 0. The molecule has 0 saturated heterocycles. The number of carboxylic acid groups (broad SMARTS) is 1. The zero-order chi connectivity index (χ0) is 15.7. The van der Waals surface area contributed by atoms with E-state index in [1.54, 1.807) is 18.2 Å². The highest BCUT2D eigenvalue weighted by Gasteiger charge is 2.14. The van der Waals surface area contributed by atoms with Gasteiger partial charge in [0.05, 0.1) is 5.69 Å². The molecular weight excluding hydrogens is 281 g/mol. The zero-order valence-electron chi connectivity index (χ0n) is 12.0. The van der Waals surface area contributed by atoms with E-state index in [9.17, 15) is 9.18 Å². The molecule has 0 atom stereocenters. The molecule has 1 aromatic heterocycles. The van der Waals surface area contributed by atoms with Crippen molar-refractivity contribution >= 4 is 22.9 Å². The number of rotatable bonds is 3. The molecule has 1 heterocycles. The van der Waals surface area contributed by atoms with E-state index in [-0.39, 0.29) is 5.82 Å². The molecule has 0 spiro atoms. The van der Waals surface area contributed by atoms with Gasteiger partial charge < -0.3 is 9.67 Å². The van der Waals surface area contributed by atoms with Gasteiger partial charge in [-0.25, -0.2) is 9.18 Å². The van der Waals surface area contributed by atoms with Crippen LogP contribution in [0.4, 0.5) is 4.39 Å². The third-order valence-corrected chi connectivity index (χ3v) is 3.66. The van der Waals surface area contributed by atoms with E-state index < -0.39 is 5.97 Å². The van der Waals surface area contributed by atoms with Crippen LogP contribution in [0.5, 0.6) is 0 Å². The Morgan fingerprint density at radius 3 is 2.50 bits per heavy atom. The molecule has 1 N–H and O–H groups in total. The lowest BCUT2D eigenvalue weighted by Gasteiger charge is -2.06. The van der Waals surface area contributed by atoms with Crippen LogP contribution >= 0.6 is 0 Å². The molecule has 110 valence electrons. The van der Waals surface area contributed by atoms with Crippen LogP contribution in [0.1, 0.15) is 5.56 Å². The van der Waals surface area contributed by atoms with Gasteiger partial charge in [0, 0.05) is 29.6 Å². The highest BCUT2D eigenvalue weighted by atomic mass is 19.1. The smallest absolute Gasteiger partial charge is 0.328 e. The van der Waals surface area contributed by atoms with Crippen LogP contribution in [0.3, 0.4) is 0 Å². The van der Waals surface area contributed by atoms with Crippen molar-refractivity contribution < 1.29 is 14.3 Å². The average molecular weight is 295 g/mol. The van der Waals surface area contributed by atoms with Gasteiger partial charge in [-0.3, -0.25) is 0 Å². The summed E-state index contributed by atoms with van der Waals surface area (Å²) in [5, 5.41) is 9.87. The van der Waals surface area contributed by atoms with Crippen LogP contribution in [-0.4, -0.2) is 15.6 Å². The first-order valence-electron chi connectivity index (χ1n) is 6.82. The SMILES string of the molecule is Cn1c(-c2ccc(F)cc2)c(/C=C/C(=O)O)c2ccccc21. The predicted molar refractivity (Wildman–Crippen MR) is 85.0 cm³/mol. The highest BCUT2D eigenvalue weighted by molar-refractivity contribution is 6.00. The van der Waals surface area contributed by atoms with Gasteiger partial charge in [-0.1, -0.05) is 18.2 Å². The number of hydrogen-bond acceptors (Lipinski definition) is 1. The number of halogens is 1. The molecule has 0 radical (unpaired) electrons. The molecule has 0 aliphatic rings. The number of aryl methyl sites for hydroxylation is 1. The molecule has 3 nitrogen and oxygen atoms in total. The van der Waals surface area contributed by atoms with Gasteiger partial charge >= 0.3 is 5.97 Å². The Hall–Kier alpha value is -2.88. The molecule has 22 heavy (non-hydrogen) atoms. The Morgan fingerprint density at radius 1 is 1.14 bits per heavy atom. The Kier molecular flexibility index (Phi) is 3.51. The first-order chi connectivity index (χ1) is 10.6. The maximum Gasteiger partial charge on any atom is 0.328 e. The van der Waals surface area contributed by atoms with Crippen molar-refractivity contribution in [2.45, 2.75) is 0 Å². The van der Waals surface area contributed by atoms with Gasteiger partial charge in [-0.2, -0.15) is 0 Å². The van der Waals surface area contributed by atoms with Gasteiger partial charge in [-0.05, 0) is 42.0 Å². The lowest BCUT2D eigenvalue weighted by Crippen LogP contribution is -1.93. The normalized spacial score (nSPS) is 11.4. The van der Waals surface area contributed by atoms with Gasteiger partial charge in [0.25, 0.3) is 0 Å². The zero-order valence-corrected chi connectivity index (χ0v) is 12.0. The first kappa shape index (κ1) is 14.1. The topological polar surface area (TPSA) is 42.2 Å². The summed E-state index contributed by atoms with van der Waals surface area (Å²) >= 11 is 0. The van der Waals surface area contributed by atoms with E-state index in [1.807, 2.05) is 35.9 Å². The van der Waals surface area contributed by atoms with Crippen LogP contribution in [0, 0.1) is 5.82 Å². The van der Waals surface area contributed by atoms with Crippen LogP contribution in [0.2, 0.25) is 0 Å². The lowest BCUT2D eigenvalue weighted by atomic mass is 10.0. The minimum absolute atomic E-state index is 0.301. The second-order valence-corrected chi connectivity index (χ2v) is 5.02. The van der Waals surface area contributed by atoms with E-state index >= 15 is 0 Å². The molecule has 0 saturated carbocycles. The van der Waals surface area contributed by atoms with Crippen molar-refractivity contribution in [3.8, 4) is 11.3 Å². The summed E-state index contributed by atoms with van der Waals surface area (Å²) in [4.78, 5) is 10.9. The molecule has 0 bridgehead atoms. The van der Waals surface area contributed by atoms with E-state index in [4.69, 9.17) is 5.11 Å². The monoisotopic (exact) mass is 295 g/mol. The van der Waals surface area contributed by atoms with Crippen molar-refractivity contribution in [1.82, 2.24) is 4.57 Å². The number of hydrogen-bond donors (Lipinski definition) is 1. The predicted octanol–water partition coefficient (Wildman–Crippen LogP) is 4.08. The third-order valence-electron chi connectivity index (χ3n) is 3.66. The van der Waals surface area contributed by atoms with Gasteiger partial charge in [-0.15, -0.1) is 0 Å². The van der Waals surface area contributed by atoms with Crippen molar-refractivity contribution in [3.05, 3.63) is 66.0 Å². The maximum absolute atomic E-state index is 13.2. The summed E-state index contributed by atoms with van der Waals surface area (Å²) in [5.41, 5.74) is 3.50. The summed E-state index contributed by atoms with van der Waals surface area (Å²) in [6.07, 6.45) is 2.71. The number of para-hydroxylation sites is 1. The molecule has 2 aromatic carbocycles. The largest absolute Gasteiger partial charge is 0.478 e. The second-order valence-electron chi connectivity index (χ2n) is 5.02. The molecule has 3 aromatic rings. The van der Waals surface area contributed by atoms with Crippen molar-refractivity contribution in [3.63, 3.8) is 0 Å². The molecule has 0 aliphatic carbocycles. The fourth-order valence-electron chi connectivity index (χ4n) is 2.70. The van der Waals surface area contributed by atoms with Crippen LogP contribution in [0.15, 0.2) is 54.6 Å². The fourth-order valence-corrected chi connectivity index (χ4v) is 2.70. The molecule has 3 rings (SSSR count).